The zero-order valence-corrected chi connectivity index (χ0v) is 24.8. The van der Waals surface area contributed by atoms with Crippen LogP contribution in [0.2, 0.25) is 0 Å². The van der Waals surface area contributed by atoms with E-state index in [1.807, 2.05) is 24.3 Å². The predicted molar refractivity (Wildman–Crippen MR) is 151 cm³/mol. The maximum atomic E-state index is 14.1. The van der Waals surface area contributed by atoms with Gasteiger partial charge >= 0.3 is 7.60 Å². The second-order valence-electron chi connectivity index (χ2n) is 11.9. The molecule has 0 aliphatic heterocycles. The molecule has 0 amide bonds. The standard InChI is InChI=1S/C31H47O4P/c1-21(2)14-26-10-12-30(28(18-26)16-23(5)6)34-36(33,20-25(9)32)35-31-13-11-27(15-22(3)4)19-29(31)17-24(7)8/h10-13,18-19,21-24H,14-17,20H2,1-9H3. The van der Waals surface area contributed by atoms with Crippen LogP contribution in [0.15, 0.2) is 36.4 Å². The van der Waals surface area contributed by atoms with E-state index in [2.05, 4.69) is 67.5 Å². The third-order valence-electron chi connectivity index (χ3n) is 5.69. The van der Waals surface area contributed by atoms with Crippen LogP contribution >= 0.6 is 7.60 Å². The van der Waals surface area contributed by atoms with E-state index in [9.17, 15) is 9.36 Å². The Morgan fingerprint density at radius 2 is 1.03 bits per heavy atom. The lowest BCUT2D eigenvalue weighted by atomic mass is 9.96. The van der Waals surface area contributed by atoms with Gasteiger partial charge in [-0.25, -0.2) is 4.57 Å². The smallest absolute Gasteiger partial charge is 0.415 e. The summed E-state index contributed by atoms with van der Waals surface area (Å²) < 4.78 is 26.5. The zero-order valence-electron chi connectivity index (χ0n) is 23.9. The zero-order chi connectivity index (χ0) is 27.0. The van der Waals surface area contributed by atoms with Crippen LogP contribution < -0.4 is 9.05 Å². The first kappa shape index (κ1) is 30.2. The number of ketones is 1. The van der Waals surface area contributed by atoms with E-state index < -0.39 is 7.60 Å². The summed E-state index contributed by atoms with van der Waals surface area (Å²) in [6.45, 7) is 18.8. The predicted octanol–water partition coefficient (Wildman–Crippen LogP) is 8.72. The third kappa shape index (κ3) is 10.1. The average Bonchev–Trinajstić information content (AvgIpc) is 2.69. The molecular weight excluding hydrogens is 467 g/mol. The van der Waals surface area contributed by atoms with Gasteiger partial charge in [0.15, 0.2) is 0 Å². The first-order valence-electron chi connectivity index (χ1n) is 13.5. The summed E-state index contributed by atoms with van der Waals surface area (Å²) in [7, 11) is -3.79. The largest absolute Gasteiger partial charge is 0.438 e. The van der Waals surface area contributed by atoms with Crippen molar-refractivity contribution in [2.75, 3.05) is 6.16 Å². The highest BCUT2D eigenvalue weighted by atomic mass is 31.2. The molecule has 0 heterocycles. The van der Waals surface area contributed by atoms with Gasteiger partial charge in [0.25, 0.3) is 0 Å². The van der Waals surface area contributed by atoms with Crippen molar-refractivity contribution < 1.29 is 18.4 Å². The number of carbonyl (C=O) groups is 1. The van der Waals surface area contributed by atoms with Crippen molar-refractivity contribution in [1.29, 1.82) is 0 Å². The number of carbonyl (C=O) groups excluding carboxylic acids is 1. The fraction of sp³-hybridized carbons (Fsp3) is 0.581. The molecule has 0 bridgehead atoms. The monoisotopic (exact) mass is 514 g/mol. The SMILES string of the molecule is CC(=O)CP(=O)(Oc1ccc(CC(C)C)cc1CC(C)C)Oc1ccc(CC(C)C)cc1CC(C)C. The highest BCUT2D eigenvalue weighted by Gasteiger charge is 2.32. The Labute approximate surface area is 219 Å². The number of hydrogen-bond acceptors (Lipinski definition) is 4. The minimum atomic E-state index is -3.79. The maximum absolute atomic E-state index is 14.1. The molecule has 2 aromatic rings. The van der Waals surface area contributed by atoms with Crippen LogP contribution in [0.25, 0.3) is 0 Å². The molecule has 0 saturated carbocycles. The van der Waals surface area contributed by atoms with Gasteiger partial charge in [-0.05, 0) is 90.7 Å². The molecule has 2 rings (SSSR count). The summed E-state index contributed by atoms with van der Waals surface area (Å²) in [6.07, 6.45) is 3.26. The summed E-state index contributed by atoms with van der Waals surface area (Å²) in [5.41, 5.74) is 4.47. The molecule has 0 spiro atoms. The Bertz CT molecular complexity index is 979. The van der Waals surface area contributed by atoms with E-state index in [0.29, 0.717) is 35.2 Å². The molecule has 0 N–H and O–H groups in total. The van der Waals surface area contributed by atoms with Crippen LogP contribution in [0.4, 0.5) is 0 Å². The lowest BCUT2D eigenvalue weighted by molar-refractivity contribution is -0.114. The molecule has 0 fully saturated rings. The lowest BCUT2D eigenvalue weighted by Crippen LogP contribution is -2.13. The molecule has 2 aromatic carbocycles. The molecule has 0 aliphatic carbocycles. The molecule has 0 saturated heterocycles. The number of hydrogen-bond donors (Lipinski definition) is 0. The fourth-order valence-electron chi connectivity index (χ4n) is 4.49. The van der Waals surface area contributed by atoms with E-state index in [4.69, 9.17) is 9.05 Å². The normalized spacial score (nSPS) is 12.1. The van der Waals surface area contributed by atoms with E-state index >= 15 is 0 Å². The Morgan fingerprint density at radius 3 is 1.33 bits per heavy atom. The molecule has 36 heavy (non-hydrogen) atoms. The van der Waals surface area contributed by atoms with Crippen LogP contribution in [-0.4, -0.2) is 11.9 Å². The summed E-state index contributed by atoms with van der Waals surface area (Å²) in [6, 6.07) is 12.2. The van der Waals surface area contributed by atoms with Crippen LogP contribution in [0.1, 0.15) is 84.6 Å². The molecule has 0 aromatic heterocycles. The van der Waals surface area contributed by atoms with Gasteiger partial charge < -0.3 is 9.05 Å². The first-order valence-corrected chi connectivity index (χ1v) is 15.2. The van der Waals surface area contributed by atoms with Gasteiger partial charge in [0, 0.05) is 0 Å². The van der Waals surface area contributed by atoms with Gasteiger partial charge in [-0.2, -0.15) is 0 Å². The van der Waals surface area contributed by atoms with Gasteiger partial charge in [-0.15, -0.1) is 0 Å². The summed E-state index contributed by atoms with van der Waals surface area (Å²) in [5.74, 6) is 2.75. The Morgan fingerprint density at radius 1 is 0.667 bits per heavy atom. The molecule has 5 heteroatoms. The van der Waals surface area contributed by atoms with Crippen LogP contribution in [0.3, 0.4) is 0 Å². The van der Waals surface area contributed by atoms with E-state index in [1.54, 1.807) is 0 Å². The summed E-state index contributed by atoms with van der Waals surface area (Å²) >= 11 is 0. The quantitative estimate of drug-likeness (QED) is 0.237. The molecule has 0 aliphatic rings. The van der Waals surface area contributed by atoms with Crippen molar-refractivity contribution in [3.63, 3.8) is 0 Å². The Balaban J connectivity index is 2.47. The fourth-order valence-corrected chi connectivity index (χ4v) is 6.16. The molecule has 0 unspecified atom stereocenters. The van der Waals surface area contributed by atoms with Crippen molar-refractivity contribution in [2.24, 2.45) is 23.7 Å². The first-order chi connectivity index (χ1) is 16.8. The van der Waals surface area contributed by atoms with Gasteiger partial charge in [0.2, 0.25) is 0 Å². The maximum Gasteiger partial charge on any atom is 0.438 e. The second kappa shape index (κ2) is 13.5. The minimum absolute atomic E-state index is 0.220. The van der Waals surface area contributed by atoms with Crippen molar-refractivity contribution in [2.45, 2.75) is 88.0 Å². The van der Waals surface area contributed by atoms with E-state index in [-0.39, 0.29) is 11.9 Å². The third-order valence-corrected chi connectivity index (χ3v) is 7.47. The van der Waals surface area contributed by atoms with Crippen LogP contribution in [-0.2, 0) is 35.0 Å². The van der Waals surface area contributed by atoms with Crippen molar-refractivity contribution in [1.82, 2.24) is 0 Å². The van der Waals surface area contributed by atoms with Gasteiger partial charge in [-0.1, -0.05) is 79.7 Å². The van der Waals surface area contributed by atoms with Gasteiger partial charge in [0.05, 0.1) is 0 Å². The molecular formula is C31H47O4P. The summed E-state index contributed by atoms with van der Waals surface area (Å²) in [5, 5.41) is 0. The Hall–Kier alpha value is -2.06. The van der Waals surface area contributed by atoms with Crippen molar-refractivity contribution >= 4 is 13.4 Å². The van der Waals surface area contributed by atoms with Gasteiger partial charge in [-0.3, -0.25) is 4.79 Å². The second-order valence-corrected chi connectivity index (χ2v) is 13.8. The van der Waals surface area contributed by atoms with E-state index in [1.165, 1.54) is 18.1 Å². The number of benzene rings is 2. The van der Waals surface area contributed by atoms with E-state index in [0.717, 1.165) is 36.8 Å². The van der Waals surface area contributed by atoms with Crippen LogP contribution in [0, 0.1) is 23.7 Å². The van der Waals surface area contributed by atoms with Gasteiger partial charge in [0.1, 0.15) is 23.4 Å². The molecule has 0 atom stereocenters. The average molecular weight is 515 g/mol. The highest BCUT2D eigenvalue weighted by molar-refractivity contribution is 7.55. The van der Waals surface area contributed by atoms with Crippen molar-refractivity contribution in [3.05, 3.63) is 58.7 Å². The molecule has 0 radical (unpaired) electrons. The molecule has 4 nitrogen and oxygen atoms in total. The number of Topliss-reactive ketones (excluding diaryl/α,β-unsaturated/α-hetero) is 1. The minimum Gasteiger partial charge on any atom is -0.415 e. The topological polar surface area (TPSA) is 52.6 Å². The molecule has 200 valence electrons. The number of rotatable bonds is 14. The summed E-state index contributed by atoms with van der Waals surface area (Å²) in [4.78, 5) is 12.2. The lowest BCUT2D eigenvalue weighted by Gasteiger charge is -2.24. The highest BCUT2D eigenvalue weighted by Crippen LogP contribution is 2.50. The van der Waals surface area contributed by atoms with Crippen molar-refractivity contribution in [3.8, 4) is 11.5 Å². The van der Waals surface area contributed by atoms with Crippen LogP contribution in [0.5, 0.6) is 11.5 Å². The Kier molecular flexibility index (Phi) is 11.3.